The minimum absolute atomic E-state index is 0.0785. The topological polar surface area (TPSA) is 99.3 Å². The van der Waals surface area contributed by atoms with Gasteiger partial charge in [-0.2, -0.15) is 5.10 Å². The van der Waals surface area contributed by atoms with Crippen molar-refractivity contribution in [3.8, 4) is 22.5 Å². The molecule has 1 saturated carbocycles. The Labute approximate surface area is 171 Å². The van der Waals surface area contributed by atoms with Gasteiger partial charge in [-0.3, -0.25) is 19.9 Å². The van der Waals surface area contributed by atoms with E-state index >= 15 is 0 Å². The van der Waals surface area contributed by atoms with Crippen molar-refractivity contribution in [2.45, 2.75) is 12.8 Å². The van der Waals surface area contributed by atoms with E-state index in [1.165, 1.54) is 0 Å². The van der Waals surface area contributed by atoms with Crippen molar-refractivity contribution in [3.63, 3.8) is 0 Å². The van der Waals surface area contributed by atoms with E-state index in [1.54, 1.807) is 12.4 Å². The van der Waals surface area contributed by atoms with Crippen LogP contribution in [-0.2, 0) is 4.79 Å². The number of anilines is 1. The molecule has 4 heterocycles. The van der Waals surface area contributed by atoms with Crippen LogP contribution in [0.25, 0.3) is 44.3 Å². The van der Waals surface area contributed by atoms with Crippen LogP contribution in [0.15, 0.2) is 61.2 Å². The van der Waals surface area contributed by atoms with Crippen molar-refractivity contribution in [2.24, 2.45) is 5.92 Å². The van der Waals surface area contributed by atoms with Gasteiger partial charge >= 0.3 is 0 Å². The number of amides is 1. The third kappa shape index (κ3) is 2.91. The molecule has 0 bridgehead atoms. The highest BCUT2D eigenvalue weighted by Crippen LogP contribution is 2.33. The van der Waals surface area contributed by atoms with Crippen LogP contribution in [0.3, 0.4) is 0 Å². The SMILES string of the molecule is O=C(Nc1cncc(-c2ccc3[nH]nc(-c4cc5cnccc5[nH]4)c3c2)c1)C1CC1. The summed E-state index contributed by atoms with van der Waals surface area (Å²) in [4.78, 5) is 24.0. The molecule has 1 aromatic carbocycles. The van der Waals surface area contributed by atoms with Gasteiger partial charge in [0.1, 0.15) is 5.69 Å². The minimum atomic E-state index is 0.0785. The maximum Gasteiger partial charge on any atom is 0.227 e. The molecule has 30 heavy (non-hydrogen) atoms. The molecule has 0 spiro atoms. The number of rotatable bonds is 4. The molecule has 6 rings (SSSR count). The minimum Gasteiger partial charge on any atom is -0.353 e. The number of H-pyrrole nitrogens is 2. The third-order valence-electron chi connectivity index (χ3n) is 5.53. The van der Waals surface area contributed by atoms with Crippen LogP contribution in [0, 0.1) is 5.92 Å². The summed E-state index contributed by atoms with van der Waals surface area (Å²) in [5.74, 6) is 0.236. The standard InChI is InChI=1S/C23H18N6O/c30-23(13-1-2-13)26-17-7-15(10-25-12-17)14-3-4-20-18(8-14)22(29-28-20)21-9-16-11-24-6-5-19(16)27-21/h3-13,27H,1-2H2,(H,26,30)(H,28,29). The van der Waals surface area contributed by atoms with Gasteiger partial charge in [0.05, 0.1) is 23.1 Å². The molecule has 1 aliphatic carbocycles. The Bertz CT molecular complexity index is 1380. The number of nitrogens with one attached hydrogen (secondary N) is 3. The maximum atomic E-state index is 12.1. The Kier molecular flexibility index (Phi) is 3.67. The van der Waals surface area contributed by atoms with Crippen molar-refractivity contribution in [1.29, 1.82) is 0 Å². The molecule has 4 aromatic heterocycles. The summed E-state index contributed by atoms with van der Waals surface area (Å²) in [5, 5.41) is 12.7. The first-order valence-corrected chi connectivity index (χ1v) is 9.92. The average Bonchev–Trinajstić information content (AvgIpc) is 3.40. The van der Waals surface area contributed by atoms with Crippen molar-refractivity contribution in [2.75, 3.05) is 5.32 Å². The first-order valence-electron chi connectivity index (χ1n) is 9.92. The van der Waals surface area contributed by atoms with Crippen LogP contribution < -0.4 is 5.32 Å². The smallest absolute Gasteiger partial charge is 0.227 e. The van der Waals surface area contributed by atoms with E-state index in [0.29, 0.717) is 0 Å². The Balaban J connectivity index is 1.40. The summed E-state index contributed by atoms with van der Waals surface area (Å²) in [6.45, 7) is 0. The predicted octanol–water partition coefficient (Wildman–Crippen LogP) is 4.52. The van der Waals surface area contributed by atoms with E-state index in [-0.39, 0.29) is 11.8 Å². The molecule has 0 unspecified atom stereocenters. The van der Waals surface area contributed by atoms with Crippen LogP contribution in [0.2, 0.25) is 0 Å². The molecule has 0 aliphatic heterocycles. The van der Waals surface area contributed by atoms with Crippen LogP contribution in [-0.4, -0.2) is 31.1 Å². The molecule has 7 heteroatoms. The molecular formula is C23H18N6O. The fourth-order valence-electron chi connectivity index (χ4n) is 3.75. The zero-order valence-corrected chi connectivity index (χ0v) is 16.0. The maximum absolute atomic E-state index is 12.1. The Morgan fingerprint density at radius 3 is 2.77 bits per heavy atom. The van der Waals surface area contributed by atoms with E-state index in [0.717, 1.165) is 62.8 Å². The summed E-state index contributed by atoms with van der Waals surface area (Å²) < 4.78 is 0. The normalized spacial score (nSPS) is 13.7. The van der Waals surface area contributed by atoms with Gasteiger partial charge in [-0.1, -0.05) is 6.07 Å². The quantitative estimate of drug-likeness (QED) is 0.417. The first-order chi connectivity index (χ1) is 14.7. The number of aromatic nitrogens is 5. The second-order valence-electron chi connectivity index (χ2n) is 7.70. The summed E-state index contributed by atoms with van der Waals surface area (Å²) in [7, 11) is 0. The van der Waals surface area contributed by atoms with Crippen molar-refractivity contribution in [3.05, 3.63) is 61.2 Å². The largest absolute Gasteiger partial charge is 0.353 e. The molecule has 3 N–H and O–H groups in total. The van der Waals surface area contributed by atoms with E-state index in [9.17, 15) is 4.79 Å². The molecular weight excluding hydrogens is 376 g/mol. The second kappa shape index (κ2) is 6.52. The van der Waals surface area contributed by atoms with E-state index in [4.69, 9.17) is 0 Å². The zero-order chi connectivity index (χ0) is 20.1. The zero-order valence-electron chi connectivity index (χ0n) is 16.0. The van der Waals surface area contributed by atoms with Crippen LogP contribution in [0.5, 0.6) is 0 Å². The molecule has 0 atom stereocenters. The number of pyridine rings is 2. The molecule has 1 fully saturated rings. The van der Waals surface area contributed by atoms with Crippen molar-refractivity contribution >= 4 is 33.4 Å². The van der Waals surface area contributed by atoms with Gasteiger partial charge in [-0.05, 0) is 48.7 Å². The number of nitrogens with zero attached hydrogens (tertiary/aromatic N) is 3. The van der Waals surface area contributed by atoms with Gasteiger partial charge < -0.3 is 10.3 Å². The monoisotopic (exact) mass is 394 g/mol. The molecule has 0 saturated heterocycles. The van der Waals surface area contributed by atoms with Gasteiger partial charge in [0.2, 0.25) is 5.91 Å². The lowest BCUT2D eigenvalue weighted by Crippen LogP contribution is -2.13. The van der Waals surface area contributed by atoms with E-state index < -0.39 is 0 Å². The lowest BCUT2D eigenvalue weighted by molar-refractivity contribution is -0.117. The number of benzene rings is 1. The lowest BCUT2D eigenvalue weighted by Gasteiger charge is -2.07. The fourth-order valence-corrected chi connectivity index (χ4v) is 3.75. The molecule has 7 nitrogen and oxygen atoms in total. The molecule has 0 radical (unpaired) electrons. The Hall–Kier alpha value is -4.00. The van der Waals surface area contributed by atoms with Gasteiger partial charge in [0, 0.05) is 46.4 Å². The number of carbonyl (C=O) groups is 1. The number of carbonyl (C=O) groups excluding carboxylic acids is 1. The molecule has 146 valence electrons. The van der Waals surface area contributed by atoms with Gasteiger partial charge in [-0.25, -0.2) is 0 Å². The number of hydrogen-bond acceptors (Lipinski definition) is 4. The summed E-state index contributed by atoms with van der Waals surface area (Å²) in [6.07, 6.45) is 9.05. The second-order valence-corrected chi connectivity index (χ2v) is 7.70. The molecule has 5 aromatic rings. The molecule has 1 aliphatic rings. The highest BCUT2D eigenvalue weighted by molar-refractivity contribution is 5.98. The van der Waals surface area contributed by atoms with Crippen LogP contribution in [0.4, 0.5) is 5.69 Å². The van der Waals surface area contributed by atoms with Crippen molar-refractivity contribution < 1.29 is 4.79 Å². The first kappa shape index (κ1) is 16.9. The van der Waals surface area contributed by atoms with Gasteiger partial charge in [-0.15, -0.1) is 0 Å². The highest BCUT2D eigenvalue weighted by Gasteiger charge is 2.29. The van der Waals surface area contributed by atoms with Crippen molar-refractivity contribution in [1.82, 2.24) is 25.1 Å². The van der Waals surface area contributed by atoms with Gasteiger partial charge in [0.25, 0.3) is 0 Å². The summed E-state index contributed by atoms with van der Waals surface area (Å²) >= 11 is 0. The van der Waals surface area contributed by atoms with E-state index in [1.807, 2.05) is 36.7 Å². The Morgan fingerprint density at radius 1 is 0.967 bits per heavy atom. The van der Waals surface area contributed by atoms with Crippen LogP contribution >= 0.6 is 0 Å². The summed E-state index contributed by atoms with van der Waals surface area (Å²) in [6, 6.07) is 12.1. The molecule has 1 amide bonds. The average molecular weight is 394 g/mol. The number of fused-ring (bicyclic) bond motifs is 2. The Morgan fingerprint density at radius 2 is 1.90 bits per heavy atom. The third-order valence-corrected chi connectivity index (χ3v) is 5.53. The summed E-state index contributed by atoms with van der Waals surface area (Å²) in [5.41, 5.74) is 6.45. The lowest BCUT2D eigenvalue weighted by atomic mass is 10.0. The predicted molar refractivity (Wildman–Crippen MR) is 116 cm³/mol. The van der Waals surface area contributed by atoms with Gasteiger partial charge in [0.15, 0.2) is 0 Å². The highest BCUT2D eigenvalue weighted by atomic mass is 16.2. The van der Waals surface area contributed by atoms with E-state index in [2.05, 4.69) is 42.6 Å². The fraction of sp³-hybridized carbons (Fsp3) is 0.130. The van der Waals surface area contributed by atoms with Crippen LogP contribution in [0.1, 0.15) is 12.8 Å². The number of aromatic amines is 2. The number of hydrogen-bond donors (Lipinski definition) is 3.